The molecule has 0 aliphatic carbocycles. The topological polar surface area (TPSA) is 35.5 Å². The number of methoxy groups -OCH3 is 2. The highest BCUT2D eigenvalue weighted by Crippen LogP contribution is 2.30. The summed E-state index contributed by atoms with van der Waals surface area (Å²) in [5.74, 6) is 0.974. The summed E-state index contributed by atoms with van der Waals surface area (Å²) < 4.78 is 10.4. The van der Waals surface area contributed by atoms with Gasteiger partial charge in [-0.3, -0.25) is 4.79 Å². The van der Waals surface area contributed by atoms with Crippen LogP contribution in [0.3, 0.4) is 0 Å². The number of hydrogen-bond donors (Lipinski definition) is 0. The molecular formula is C13H12O3S. The van der Waals surface area contributed by atoms with Gasteiger partial charge < -0.3 is 9.47 Å². The van der Waals surface area contributed by atoms with E-state index in [1.165, 1.54) is 11.3 Å². The molecule has 3 nitrogen and oxygen atoms in total. The Labute approximate surface area is 104 Å². The van der Waals surface area contributed by atoms with Crippen LogP contribution in [0.5, 0.6) is 11.5 Å². The number of ether oxygens (including phenoxy) is 2. The molecule has 0 aliphatic rings. The number of hydrogen-bond acceptors (Lipinski definition) is 4. The number of rotatable bonds is 4. The number of carbonyl (C=O) groups is 1. The van der Waals surface area contributed by atoms with Crippen LogP contribution in [0.25, 0.3) is 0 Å². The predicted molar refractivity (Wildman–Crippen MR) is 67.3 cm³/mol. The molecule has 1 heterocycles. The van der Waals surface area contributed by atoms with Gasteiger partial charge >= 0.3 is 0 Å². The Bertz CT molecular complexity index is 495. The Hall–Kier alpha value is -1.81. The third-order valence-electron chi connectivity index (χ3n) is 2.44. The minimum atomic E-state index is -0.0828. The fraction of sp³-hybridized carbons (Fsp3) is 0.154. The van der Waals surface area contributed by atoms with Crippen LogP contribution in [0.1, 0.15) is 15.9 Å². The smallest absolute Gasteiger partial charge is 0.201 e. The highest BCUT2D eigenvalue weighted by molar-refractivity contribution is 7.08. The third kappa shape index (κ3) is 2.17. The van der Waals surface area contributed by atoms with Gasteiger partial charge in [-0.05, 0) is 23.6 Å². The summed E-state index contributed by atoms with van der Waals surface area (Å²) in [5, 5.41) is 3.68. The van der Waals surface area contributed by atoms with E-state index in [0.717, 1.165) is 0 Å². The molecule has 2 aromatic rings. The van der Waals surface area contributed by atoms with E-state index >= 15 is 0 Å². The zero-order valence-corrected chi connectivity index (χ0v) is 10.4. The number of ketones is 1. The van der Waals surface area contributed by atoms with Crippen LogP contribution in [0.4, 0.5) is 0 Å². The summed E-state index contributed by atoms with van der Waals surface area (Å²) in [5.41, 5.74) is 1.12. The highest BCUT2D eigenvalue weighted by Gasteiger charge is 2.19. The van der Waals surface area contributed by atoms with Gasteiger partial charge in [0.1, 0.15) is 17.1 Å². The molecule has 0 atom stereocenters. The van der Waals surface area contributed by atoms with Crippen molar-refractivity contribution in [2.75, 3.05) is 14.2 Å². The first-order valence-corrected chi connectivity index (χ1v) is 6.00. The molecule has 0 radical (unpaired) electrons. The Balaban J connectivity index is 2.53. The largest absolute Gasteiger partial charge is 0.496 e. The summed E-state index contributed by atoms with van der Waals surface area (Å²) >= 11 is 1.49. The van der Waals surface area contributed by atoms with E-state index in [-0.39, 0.29) is 5.78 Å². The maximum atomic E-state index is 12.3. The first-order valence-electron chi connectivity index (χ1n) is 5.05. The van der Waals surface area contributed by atoms with Crippen LogP contribution in [0.15, 0.2) is 35.0 Å². The van der Waals surface area contributed by atoms with Gasteiger partial charge in [-0.25, -0.2) is 0 Å². The molecule has 4 heteroatoms. The molecular weight excluding hydrogens is 236 g/mol. The van der Waals surface area contributed by atoms with Crippen molar-refractivity contribution in [2.24, 2.45) is 0 Å². The van der Waals surface area contributed by atoms with Crippen molar-refractivity contribution >= 4 is 17.1 Å². The van der Waals surface area contributed by atoms with Gasteiger partial charge in [-0.1, -0.05) is 6.07 Å². The second kappa shape index (κ2) is 5.01. The number of benzene rings is 1. The van der Waals surface area contributed by atoms with Gasteiger partial charge in [-0.15, -0.1) is 0 Å². The minimum Gasteiger partial charge on any atom is -0.496 e. The summed E-state index contributed by atoms with van der Waals surface area (Å²) in [7, 11) is 3.08. The minimum absolute atomic E-state index is 0.0828. The van der Waals surface area contributed by atoms with Gasteiger partial charge in [0.25, 0.3) is 0 Å². The molecule has 0 saturated heterocycles. The van der Waals surface area contributed by atoms with Gasteiger partial charge in [0, 0.05) is 10.9 Å². The Morgan fingerprint density at radius 1 is 1.12 bits per heavy atom. The summed E-state index contributed by atoms with van der Waals surface area (Å²) in [6.07, 6.45) is 0. The molecule has 0 amide bonds. The van der Waals surface area contributed by atoms with Crippen LogP contribution in [0.2, 0.25) is 0 Å². The standard InChI is InChI=1S/C13H12O3S/c1-15-10-4-3-5-11(16-2)12(10)13(14)9-6-7-17-8-9/h3-8H,1-2H3. The average Bonchev–Trinajstić information content (AvgIpc) is 2.90. The van der Waals surface area contributed by atoms with E-state index in [4.69, 9.17) is 9.47 Å². The fourth-order valence-corrected chi connectivity index (χ4v) is 2.25. The van der Waals surface area contributed by atoms with E-state index in [1.54, 1.807) is 38.5 Å². The highest BCUT2D eigenvalue weighted by atomic mass is 32.1. The van der Waals surface area contributed by atoms with Crippen molar-refractivity contribution < 1.29 is 14.3 Å². The molecule has 0 aliphatic heterocycles. The number of thiophene rings is 1. The van der Waals surface area contributed by atoms with Gasteiger partial charge in [-0.2, -0.15) is 11.3 Å². The fourth-order valence-electron chi connectivity index (χ4n) is 1.61. The lowest BCUT2D eigenvalue weighted by Gasteiger charge is -2.11. The molecule has 17 heavy (non-hydrogen) atoms. The zero-order chi connectivity index (χ0) is 12.3. The van der Waals surface area contributed by atoms with Crippen LogP contribution in [-0.2, 0) is 0 Å². The van der Waals surface area contributed by atoms with Crippen LogP contribution in [0, 0.1) is 0 Å². The quantitative estimate of drug-likeness (QED) is 0.780. The summed E-state index contributed by atoms with van der Waals surface area (Å²) in [4.78, 5) is 12.3. The lowest BCUT2D eigenvalue weighted by Crippen LogP contribution is -2.05. The Morgan fingerprint density at radius 2 is 1.76 bits per heavy atom. The number of carbonyl (C=O) groups excluding carboxylic acids is 1. The van der Waals surface area contributed by atoms with Crippen molar-refractivity contribution in [1.82, 2.24) is 0 Å². The van der Waals surface area contributed by atoms with Crippen LogP contribution >= 0.6 is 11.3 Å². The van der Waals surface area contributed by atoms with E-state index < -0.39 is 0 Å². The molecule has 2 rings (SSSR count). The first kappa shape index (κ1) is 11.7. The molecule has 1 aromatic heterocycles. The Morgan fingerprint density at radius 3 is 2.24 bits per heavy atom. The lowest BCUT2D eigenvalue weighted by molar-refractivity contribution is 0.103. The Kier molecular flexibility index (Phi) is 3.44. The van der Waals surface area contributed by atoms with E-state index in [0.29, 0.717) is 22.6 Å². The molecule has 0 fully saturated rings. The van der Waals surface area contributed by atoms with Crippen molar-refractivity contribution in [3.63, 3.8) is 0 Å². The SMILES string of the molecule is COc1cccc(OC)c1C(=O)c1ccsc1. The van der Waals surface area contributed by atoms with Crippen molar-refractivity contribution in [3.05, 3.63) is 46.2 Å². The second-order valence-electron chi connectivity index (χ2n) is 3.38. The second-order valence-corrected chi connectivity index (χ2v) is 4.16. The maximum absolute atomic E-state index is 12.3. The molecule has 1 aromatic carbocycles. The monoisotopic (exact) mass is 248 g/mol. The lowest BCUT2D eigenvalue weighted by atomic mass is 10.0. The normalized spacial score (nSPS) is 10.0. The van der Waals surface area contributed by atoms with Crippen molar-refractivity contribution in [2.45, 2.75) is 0 Å². The third-order valence-corrected chi connectivity index (χ3v) is 3.12. The molecule has 0 unspecified atom stereocenters. The van der Waals surface area contributed by atoms with Crippen LogP contribution in [-0.4, -0.2) is 20.0 Å². The van der Waals surface area contributed by atoms with Gasteiger partial charge in [0.2, 0.25) is 5.78 Å². The summed E-state index contributed by atoms with van der Waals surface area (Å²) in [6.45, 7) is 0. The molecule has 0 saturated carbocycles. The zero-order valence-electron chi connectivity index (χ0n) is 9.60. The molecule has 0 spiro atoms. The average molecular weight is 248 g/mol. The molecule has 0 bridgehead atoms. The maximum Gasteiger partial charge on any atom is 0.201 e. The van der Waals surface area contributed by atoms with Crippen LogP contribution < -0.4 is 9.47 Å². The summed E-state index contributed by atoms with van der Waals surface area (Å²) in [6, 6.07) is 7.09. The van der Waals surface area contributed by atoms with Gasteiger partial charge in [0.05, 0.1) is 14.2 Å². The van der Waals surface area contributed by atoms with Crippen molar-refractivity contribution in [3.8, 4) is 11.5 Å². The van der Waals surface area contributed by atoms with Gasteiger partial charge in [0.15, 0.2) is 0 Å². The van der Waals surface area contributed by atoms with E-state index in [1.807, 2.05) is 10.8 Å². The molecule has 88 valence electrons. The van der Waals surface area contributed by atoms with E-state index in [2.05, 4.69) is 0 Å². The van der Waals surface area contributed by atoms with Crippen molar-refractivity contribution in [1.29, 1.82) is 0 Å². The van der Waals surface area contributed by atoms with E-state index in [9.17, 15) is 4.79 Å². The first-order chi connectivity index (χ1) is 8.27. The molecule has 0 N–H and O–H groups in total. The predicted octanol–water partition coefficient (Wildman–Crippen LogP) is 3.00.